The van der Waals surface area contributed by atoms with Gasteiger partial charge in [0.2, 0.25) is 0 Å². The van der Waals surface area contributed by atoms with Gasteiger partial charge in [0.05, 0.1) is 6.33 Å². The Morgan fingerprint density at radius 1 is 1.26 bits per heavy atom. The second-order valence-corrected chi connectivity index (χ2v) is 5.70. The van der Waals surface area contributed by atoms with Crippen molar-refractivity contribution in [3.8, 4) is 5.69 Å². The number of hydrogen-bond acceptors (Lipinski definition) is 3. The third-order valence-electron chi connectivity index (χ3n) is 4.18. The summed E-state index contributed by atoms with van der Waals surface area (Å²) in [5, 5.41) is 0. The molecule has 1 amide bonds. The van der Waals surface area contributed by atoms with Gasteiger partial charge in [-0.25, -0.2) is 4.98 Å². The minimum atomic E-state index is 0. The molecule has 126 valence electrons. The average Bonchev–Trinajstić information content (AvgIpc) is 3.04. The second kappa shape index (κ2) is 8.34. The summed E-state index contributed by atoms with van der Waals surface area (Å²) < 4.78 is 1.91. The van der Waals surface area contributed by atoms with Crippen molar-refractivity contribution < 1.29 is 4.79 Å². The molecule has 0 radical (unpaired) electrons. The Morgan fingerprint density at radius 3 is 2.52 bits per heavy atom. The second-order valence-electron chi connectivity index (χ2n) is 5.70. The zero-order valence-corrected chi connectivity index (χ0v) is 14.6. The Kier molecular flexibility index (Phi) is 7.06. The molecule has 0 saturated carbocycles. The highest BCUT2D eigenvalue weighted by Crippen LogP contribution is 2.18. The fourth-order valence-electron chi connectivity index (χ4n) is 2.72. The molecule has 2 unspecified atom stereocenters. The van der Waals surface area contributed by atoms with Crippen LogP contribution in [0.15, 0.2) is 43.0 Å². The number of amides is 1. The first kappa shape index (κ1) is 19.5. The van der Waals surface area contributed by atoms with Gasteiger partial charge < -0.3 is 15.2 Å². The molecule has 1 fully saturated rings. The quantitative estimate of drug-likeness (QED) is 0.898. The molecule has 2 aromatic rings. The molecule has 3 rings (SSSR count). The van der Waals surface area contributed by atoms with Crippen molar-refractivity contribution in [2.45, 2.75) is 19.4 Å². The summed E-state index contributed by atoms with van der Waals surface area (Å²) in [6.45, 7) is 3.59. The van der Waals surface area contributed by atoms with Crippen molar-refractivity contribution in [1.82, 2.24) is 14.5 Å². The molecular formula is C16H22Cl2N4O. The summed E-state index contributed by atoms with van der Waals surface area (Å²) >= 11 is 0. The summed E-state index contributed by atoms with van der Waals surface area (Å²) in [5.74, 6) is 0.443. The lowest BCUT2D eigenvalue weighted by atomic mass is 9.94. The van der Waals surface area contributed by atoms with Gasteiger partial charge in [-0.05, 0) is 36.6 Å². The fourth-order valence-corrected chi connectivity index (χ4v) is 2.72. The first-order chi connectivity index (χ1) is 10.1. The van der Waals surface area contributed by atoms with Gasteiger partial charge in [-0.15, -0.1) is 24.8 Å². The number of nitrogens with zero attached hydrogens (tertiary/aromatic N) is 3. The van der Waals surface area contributed by atoms with Crippen LogP contribution in [0.25, 0.3) is 5.69 Å². The van der Waals surface area contributed by atoms with Gasteiger partial charge in [0.15, 0.2) is 0 Å². The molecule has 0 bridgehead atoms. The van der Waals surface area contributed by atoms with Crippen molar-refractivity contribution in [2.75, 3.05) is 13.1 Å². The van der Waals surface area contributed by atoms with Crippen LogP contribution in [0.5, 0.6) is 0 Å². The summed E-state index contributed by atoms with van der Waals surface area (Å²) in [7, 11) is 0. The molecule has 23 heavy (non-hydrogen) atoms. The maximum absolute atomic E-state index is 12.5. The first-order valence-corrected chi connectivity index (χ1v) is 7.28. The van der Waals surface area contributed by atoms with Gasteiger partial charge in [0, 0.05) is 42.8 Å². The van der Waals surface area contributed by atoms with Crippen molar-refractivity contribution >= 4 is 30.7 Å². The fraction of sp³-hybridized carbons (Fsp3) is 0.375. The first-order valence-electron chi connectivity index (χ1n) is 7.28. The molecule has 1 aliphatic heterocycles. The van der Waals surface area contributed by atoms with Gasteiger partial charge >= 0.3 is 0 Å². The Morgan fingerprint density at radius 2 is 1.96 bits per heavy atom. The van der Waals surface area contributed by atoms with E-state index in [4.69, 9.17) is 5.73 Å². The van der Waals surface area contributed by atoms with Gasteiger partial charge in [0.1, 0.15) is 0 Å². The summed E-state index contributed by atoms with van der Waals surface area (Å²) in [5.41, 5.74) is 7.73. The van der Waals surface area contributed by atoms with Gasteiger partial charge in [-0.3, -0.25) is 4.79 Å². The lowest BCUT2D eigenvalue weighted by Crippen LogP contribution is -2.48. The van der Waals surface area contributed by atoms with E-state index in [1.165, 1.54) is 0 Å². The van der Waals surface area contributed by atoms with Crippen LogP contribution in [0.3, 0.4) is 0 Å². The normalized spacial score (nSPS) is 20.3. The molecule has 2 N–H and O–H groups in total. The number of halogens is 2. The number of likely N-dealkylation sites (tertiary alicyclic amines) is 1. The van der Waals surface area contributed by atoms with Crippen LogP contribution < -0.4 is 5.73 Å². The number of carbonyl (C=O) groups excluding carboxylic acids is 1. The lowest BCUT2D eigenvalue weighted by molar-refractivity contribution is 0.0664. The highest BCUT2D eigenvalue weighted by atomic mass is 35.5. The largest absolute Gasteiger partial charge is 0.338 e. The number of carbonyl (C=O) groups is 1. The van der Waals surface area contributed by atoms with E-state index in [9.17, 15) is 4.79 Å². The molecule has 0 aliphatic carbocycles. The third-order valence-corrected chi connectivity index (χ3v) is 4.18. The predicted molar refractivity (Wildman–Crippen MR) is 95.7 cm³/mol. The topological polar surface area (TPSA) is 64.2 Å². The minimum Gasteiger partial charge on any atom is -0.338 e. The van der Waals surface area contributed by atoms with Crippen molar-refractivity contribution in [3.05, 3.63) is 48.5 Å². The van der Waals surface area contributed by atoms with E-state index < -0.39 is 0 Å². The van der Waals surface area contributed by atoms with Crippen LogP contribution in [0.1, 0.15) is 23.7 Å². The Bertz CT molecular complexity index is 616. The van der Waals surface area contributed by atoms with Crippen molar-refractivity contribution in [1.29, 1.82) is 0 Å². The van der Waals surface area contributed by atoms with Gasteiger partial charge in [-0.2, -0.15) is 0 Å². The van der Waals surface area contributed by atoms with E-state index in [1.807, 2.05) is 39.9 Å². The van der Waals surface area contributed by atoms with Crippen molar-refractivity contribution in [3.63, 3.8) is 0 Å². The van der Waals surface area contributed by atoms with Crippen LogP contribution in [-0.2, 0) is 0 Å². The SMILES string of the molecule is CC1CN(C(=O)c2ccc(-n3ccnc3)cc2)CCC1N.Cl.Cl. The number of benzene rings is 1. The number of aromatic nitrogens is 2. The molecule has 0 spiro atoms. The van der Waals surface area contributed by atoms with E-state index >= 15 is 0 Å². The molecule has 5 nitrogen and oxygen atoms in total. The van der Waals surface area contributed by atoms with Crippen LogP contribution >= 0.6 is 24.8 Å². The highest BCUT2D eigenvalue weighted by Gasteiger charge is 2.26. The van der Waals surface area contributed by atoms with Gasteiger partial charge in [-0.1, -0.05) is 6.92 Å². The smallest absolute Gasteiger partial charge is 0.253 e. The van der Waals surface area contributed by atoms with Crippen LogP contribution in [0, 0.1) is 5.92 Å². The Balaban J connectivity index is 0.00000132. The van der Waals surface area contributed by atoms with Crippen molar-refractivity contribution in [2.24, 2.45) is 11.7 Å². The predicted octanol–water partition coefficient (Wildman–Crippen LogP) is 2.53. The molecule has 2 heterocycles. The van der Waals surface area contributed by atoms with Crippen LogP contribution in [0.2, 0.25) is 0 Å². The monoisotopic (exact) mass is 356 g/mol. The molecular weight excluding hydrogens is 335 g/mol. The highest BCUT2D eigenvalue weighted by molar-refractivity contribution is 5.94. The number of imidazole rings is 1. The summed E-state index contributed by atoms with van der Waals surface area (Å²) in [6.07, 6.45) is 6.23. The van der Waals surface area contributed by atoms with E-state index in [0.29, 0.717) is 5.92 Å². The van der Waals surface area contributed by atoms with E-state index in [1.54, 1.807) is 12.5 Å². The van der Waals surface area contributed by atoms with Crippen LogP contribution in [-0.4, -0.2) is 39.5 Å². The lowest BCUT2D eigenvalue weighted by Gasteiger charge is -2.35. The maximum Gasteiger partial charge on any atom is 0.253 e. The van der Waals surface area contributed by atoms with E-state index in [-0.39, 0.29) is 36.8 Å². The van der Waals surface area contributed by atoms with E-state index in [0.717, 1.165) is 30.8 Å². The molecule has 1 aromatic heterocycles. The zero-order chi connectivity index (χ0) is 14.8. The van der Waals surface area contributed by atoms with Crippen LogP contribution in [0.4, 0.5) is 0 Å². The molecule has 1 aromatic carbocycles. The summed E-state index contributed by atoms with van der Waals surface area (Å²) in [4.78, 5) is 18.4. The molecule has 1 aliphatic rings. The standard InChI is InChI=1S/C16H20N4O.2ClH/c1-12-10-19(8-6-15(12)17)16(21)13-2-4-14(5-3-13)20-9-7-18-11-20;;/h2-5,7,9,11-12,15H,6,8,10,17H2,1H3;2*1H. The zero-order valence-electron chi connectivity index (χ0n) is 13.0. The Hall–Kier alpha value is -1.56. The third kappa shape index (κ3) is 4.25. The average molecular weight is 357 g/mol. The number of piperidine rings is 1. The number of nitrogens with two attached hydrogens (primary N) is 1. The Labute approximate surface area is 148 Å². The van der Waals surface area contributed by atoms with E-state index in [2.05, 4.69) is 11.9 Å². The van der Waals surface area contributed by atoms with Gasteiger partial charge in [0.25, 0.3) is 5.91 Å². The molecule has 2 atom stereocenters. The minimum absolute atomic E-state index is 0. The molecule has 7 heteroatoms. The number of hydrogen-bond donors (Lipinski definition) is 1. The maximum atomic E-state index is 12.5. The molecule has 1 saturated heterocycles. The summed E-state index contributed by atoms with van der Waals surface area (Å²) in [6, 6.07) is 7.83. The number of rotatable bonds is 2.